The van der Waals surface area contributed by atoms with Gasteiger partial charge in [0, 0.05) is 0 Å². The van der Waals surface area contributed by atoms with Gasteiger partial charge in [-0.15, -0.1) is 0 Å². The number of ether oxygens (including phenoxy) is 4. The average Bonchev–Trinajstić information content (AvgIpc) is 3.28. The van der Waals surface area contributed by atoms with Crippen LogP contribution in [0.25, 0.3) is 0 Å². The molecule has 0 N–H and O–H groups in total. The smallest absolute Gasteiger partial charge is 0.547 e. The van der Waals surface area contributed by atoms with E-state index in [4.69, 9.17) is 18.9 Å². The van der Waals surface area contributed by atoms with Crippen LogP contribution in [0.1, 0.15) is 29.0 Å². The number of methoxy groups -OCH3 is 2. The Labute approximate surface area is 215 Å². The summed E-state index contributed by atoms with van der Waals surface area (Å²) in [6.45, 7) is 0.00342. The van der Waals surface area contributed by atoms with Crippen LogP contribution in [0.5, 0.6) is 11.5 Å². The first kappa shape index (κ1) is 26.2. The Balaban J connectivity index is 0.00000342. The quantitative estimate of drug-likeness (QED) is 0.457. The fourth-order valence-electron chi connectivity index (χ4n) is 4.07. The van der Waals surface area contributed by atoms with E-state index >= 15 is 0 Å². The molecule has 1 heterocycles. The topological polar surface area (TPSA) is 97.4 Å². The molecule has 0 aliphatic carbocycles. The van der Waals surface area contributed by atoms with E-state index in [1.54, 1.807) is 48.5 Å². The molecule has 9 heteroatoms. The Morgan fingerprint density at radius 1 is 0.886 bits per heavy atom. The SMILES string of the molecule is COc1cccc(OC)c1C1O[C@@H](C(=O)[O-])[C@H](c2ccccc2)N1C(=O)OCc1ccccc1.[Li+]. The van der Waals surface area contributed by atoms with Crippen LogP contribution in [0, 0.1) is 0 Å². The molecule has 1 saturated heterocycles. The number of benzene rings is 3. The van der Waals surface area contributed by atoms with Crippen LogP contribution in [0.4, 0.5) is 4.79 Å². The number of hydrogen-bond acceptors (Lipinski definition) is 7. The van der Waals surface area contributed by atoms with Crippen molar-refractivity contribution in [3.8, 4) is 11.5 Å². The van der Waals surface area contributed by atoms with Gasteiger partial charge in [-0.05, 0) is 23.3 Å². The molecule has 0 spiro atoms. The Morgan fingerprint density at radius 2 is 1.46 bits per heavy atom. The monoisotopic (exact) mass is 469 g/mol. The molecule has 1 aliphatic rings. The molecule has 0 aromatic heterocycles. The zero-order valence-electron chi connectivity index (χ0n) is 19.7. The van der Waals surface area contributed by atoms with Crippen molar-refractivity contribution in [2.75, 3.05) is 14.2 Å². The maximum Gasteiger partial charge on any atom is 1.00 e. The minimum absolute atomic E-state index is 0. The molecule has 4 rings (SSSR count). The van der Waals surface area contributed by atoms with Gasteiger partial charge in [-0.2, -0.15) is 0 Å². The van der Waals surface area contributed by atoms with Gasteiger partial charge < -0.3 is 28.8 Å². The van der Waals surface area contributed by atoms with Gasteiger partial charge in [0.05, 0.1) is 31.8 Å². The molecule has 3 atom stereocenters. The van der Waals surface area contributed by atoms with Crippen LogP contribution in [0.2, 0.25) is 0 Å². The number of aliphatic carboxylic acids is 1. The first-order chi connectivity index (χ1) is 16.5. The van der Waals surface area contributed by atoms with Gasteiger partial charge >= 0.3 is 25.0 Å². The zero-order chi connectivity index (χ0) is 24.1. The Bertz CT molecular complexity index is 1120. The second-order valence-electron chi connectivity index (χ2n) is 7.61. The third kappa shape index (κ3) is 5.46. The van der Waals surface area contributed by atoms with Gasteiger partial charge in [0.1, 0.15) is 24.2 Å². The summed E-state index contributed by atoms with van der Waals surface area (Å²) >= 11 is 0. The third-order valence-electron chi connectivity index (χ3n) is 5.62. The summed E-state index contributed by atoms with van der Waals surface area (Å²) in [7, 11) is 2.94. The number of hydrogen-bond donors (Lipinski definition) is 0. The predicted octanol–water partition coefficient (Wildman–Crippen LogP) is 0.235. The summed E-state index contributed by atoms with van der Waals surface area (Å²) in [5.41, 5.74) is 1.72. The molecular formula is C26H24LiNO7. The summed E-state index contributed by atoms with van der Waals surface area (Å²) in [6, 6.07) is 22.0. The van der Waals surface area contributed by atoms with Crippen LogP contribution in [0.3, 0.4) is 0 Å². The number of carbonyl (C=O) groups is 2. The standard InChI is InChI=1S/C26H25NO7.Li/c1-31-19-14-9-15-20(32-2)21(19)24-27(26(30)33-16-17-10-5-3-6-11-17)22(23(34-24)25(28)29)18-12-7-4-8-13-18;/h3-15,22-24H,16H2,1-2H3,(H,28,29);/q;+1/p-1/t22-,23+,24?;/m0./s1. The maximum atomic E-state index is 13.5. The van der Waals surface area contributed by atoms with Crippen LogP contribution in [-0.2, 0) is 20.9 Å². The van der Waals surface area contributed by atoms with Crippen molar-refractivity contribution in [3.05, 3.63) is 95.6 Å². The minimum Gasteiger partial charge on any atom is -0.547 e. The molecule has 0 saturated carbocycles. The summed E-state index contributed by atoms with van der Waals surface area (Å²) in [5, 5.41) is 12.1. The van der Waals surface area contributed by atoms with Crippen molar-refractivity contribution in [2.45, 2.75) is 25.0 Å². The van der Waals surface area contributed by atoms with E-state index in [0.29, 0.717) is 22.6 Å². The number of nitrogens with zero attached hydrogens (tertiary/aromatic N) is 1. The van der Waals surface area contributed by atoms with E-state index in [1.165, 1.54) is 19.1 Å². The fourth-order valence-corrected chi connectivity index (χ4v) is 4.07. The summed E-state index contributed by atoms with van der Waals surface area (Å²) in [4.78, 5) is 26.9. The van der Waals surface area contributed by atoms with Crippen molar-refractivity contribution in [1.29, 1.82) is 0 Å². The molecule has 1 aliphatic heterocycles. The molecule has 35 heavy (non-hydrogen) atoms. The molecule has 8 nitrogen and oxygen atoms in total. The predicted molar refractivity (Wildman–Crippen MR) is 120 cm³/mol. The molecule has 3 aromatic carbocycles. The van der Waals surface area contributed by atoms with E-state index in [2.05, 4.69) is 0 Å². The van der Waals surface area contributed by atoms with Crippen LogP contribution < -0.4 is 33.4 Å². The van der Waals surface area contributed by atoms with Gasteiger partial charge in [-0.25, -0.2) is 4.79 Å². The molecule has 1 amide bonds. The van der Waals surface area contributed by atoms with E-state index in [9.17, 15) is 14.7 Å². The number of carboxylic acids is 1. The van der Waals surface area contributed by atoms with Crippen LogP contribution >= 0.6 is 0 Å². The van der Waals surface area contributed by atoms with E-state index < -0.39 is 30.4 Å². The molecule has 3 aromatic rings. The molecule has 1 unspecified atom stereocenters. The van der Waals surface area contributed by atoms with Gasteiger partial charge in [-0.3, -0.25) is 4.90 Å². The first-order valence-electron chi connectivity index (χ1n) is 10.7. The normalized spacial score (nSPS) is 18.9. The second kappa shape index (κ2) is 11.8. The summed E-state index contributed by atoms with van der Waals surface area (Å²) < 4.78 is 22.5. The van der Waals surface area contributed by atoms with Crippen molar-refractivity contribution < 1.29 is 52.5 Å². The van der Waals surface area contributed by atoms with Crippen molar-refractivity contribution in [3.63, 3.8) is 0 Å². The van der Waals surface area contributed by atoms with Gasteiger partial charge in [-0.1, -0.05) is 66.7 Å². The van der Waals surface area contributed by atoms with Crippen molar-refractivity contribution in [1.82, 2.24) is 4.90 Å². The van der Waals surface area contributed by atoms with Crippen LogP contribution in [-0.4, -0.2) is 37.3 Å². The van der Waals surface area contributed by atoms with E-state index in [0.717, 1.165) is 5.56 Å². The minimum atomic E-state index is -1.45. The molecule has 1 fully saturated rings. The maximum absolute atomic E-state index is 13.5. The summed E-state index contributed by atoms with van der Waals surface area (Å²) in [5.74, 6) is -0.710. The Kier molecular flexibility index (Phi) is 8.82. The van der Waals surface area contributed by atoms with Crippen molar-refractivity contribution in [2.24, 2.45) is 0 Å². The zero-order valence-corrected chi connectivity index (χ0v) is 19.7. The molecule has 0 bridgehead atoms. The first-order valence-corrected chi connectivity index (χ1v) is 10.7. The average molecular weight is 469 g/mol. The van der Waals surface area contributed by atoms with Crippen LogP contribution in [0.15, 0.2) is 78.9 Å². The summed E-state index contributed by atoms with van der Waals surface area (Å²) in [6.07, 6.45) is -3.37. The number of rotatable bonds is 7. The van der Waals surface area contributed by atoms with E-state index in [1.807, 2.05) is 30.3 Å². The Morgan fingerprint density at radius 3 is 2.00 bits per heavy atom. The second-order valence-corrected chi connectivity index (χ2v) is 7.61. The largest absolute Gasteiger partial charge is 1.00 e. The van der Waals surface area contributed by atoms with E-state index in [-0.39, 0.29) is 25.5 Å². The molecule has 0 radical (unpaired) electrons. The van der Waals surface area contributed by atoms with Crippen molar-refractivity contribution >= 4 is 12.1 Å². The van der Waals surface area contributed by atoms with Gasteiger partial charge in [0.15, 0.2) is 6.23 Å². The number of carbonyl (C=O) groups excluding carboxylic acids is 2. The fraction of sp³-hybridized carbons (Fsp3) is 0.231. The number of carboxylic acid groups (broad SMARTS) is 1. The number of amides is 1. The Hall–Kier alpha value is -3.44. The molecular weight excluding hydrogens is 445 g/mol. The van der Waals surface area contributed by atoms with Gasteiger partial charge in [0.25, 0.3) is 0 Å². The van der Waals surface area contributed by atoms with Gasteiger partial charge in [0.2, 0.25) is 0 Å². The third-order valence-corrected chi connectivity index (χ3v) is 5.62. The molecule has 176 valence electrons.